The zero-order valence-electron chi connectivity index (χ0n) is 15.2. The van der Waals surface area contributed by atoms with Crippen molar-refractivity contribution in [2.24, 2.45) is 5.92 Å². The molecular formula is C20H25N3O2. The maximum Gasteiger partial charge on any atom is 0.238 e. The predicted octanol–water partition coefficient (Wildman–Crippen LogP) is 1.43. The summed E-state index contributed by atoms with van der Waals surface area (Å²) in [6.07, 6.45) is 0. The molecule has 0 radical (unpaired) electrons. The van der Waals surface area contributed by atoms with E-state index < -0.39 is 6.04 Å². The fraction of sp³-hybridized carbons (Fsp3) is 0.500. The van der Waals surface area contributed by atoms with Crippen molar-refractivity contribution in [2.75, 3.05) is 27.2 Å². The number of rotatable bonds is 4. The summed E-state index contributed by atoms with van der Waals surface area (Å²) in [5, 5.41) is 19.3. The summed E-state index contributed by atoms with van der Waals surface area (Å²) >= 11 is 0. The molecule has 25 heavy (non-hydrogen) atoms. The minimum atomic E-state index is -0.544. The number of aliphatic hydroxyl groups excluding tert-OH is 1. The van der Waals surface area contributed by atoms with Crippen LogP contribution in [0.5, 0.6) is 0 Å². The topological polar surface area (TPSA) is 67.6 Å². The molecule has 0 aromatic heterocycles. The third kappa shape index (κ3) is 4.20. The number of benzene rings is 1. The minimum absolute atomic E-state index is 0.133. The fourth-order valence-electron chi connectivity index (χ4n) is 3.12. The Morgan fingerprint density at radius 1 is 1.32 bits per heavy atom. The lowest BCUT2D eigenvalue weighted by molar-refractivity contribution is -0.147. The number of likely N-dealkylation sites (tertiary alicyclic amines) is 1. The lowest BCUT2D eigenvalue weighted by Crippen LogP contribution is -2.66. The number of hydrogen-bond acceptors (Lipinski definition) is 4. The van der Waals surface area contributed by atoms with Crippen molar-refractivity contribution >= 4 is 5.91 Å². The van der Waals surface area contributed by atoms with E-state index in [0.29, 0.717) is 5.92 Å². The lowest BCUT2D eigenvalue weighted by atomic mass is 9.75. The molecule has 2 rings (SSSR count). The molecule has 5 heteroatoms. The van der Waals surface area contributed by atoms with Crippen LogP contribution < -0.4 is 0 Å². The number of carbonyl (C=O) groups excluding carboxylic acids is 1. The standard InChI is InChI=1S/C20H25N3O2/c1-14(2)5-6-15-7-9-16(10-8-15)20-17(11-21)23(18(20)13-24)19(25)12-22(3)4/h7-10,14,17-18,20,24H,12-13H2,1-4H3/t17-,18-,20-/m1/s1. The average molecular weight is 339 g/mol. The van der Waals surface area contributed by atoms with Crippen molar-refractivity contribution in [1.29, 1.82) is 5.26 Å². The molecule has 1 amide bonds. The van der Waals surface area contributed by atoms with E-state index in [-0.39, 0.29) is 31.0 Å². The summed E-state index contributed by atoms with van der Waals surface area (Å²) in [7, 11) is 3.61. The maximum absolute atomic E-state index is 12.4. The van der Waals surface area contributed by atoms with Crippen LogP contribution in [0.15, 0.2) is 24.3 Å². The summed E-state index contributed by atoms with van der Waals surface area (Å²) in [5.41, 5.74) is 1.88. The molecule has 132 valence electrons. The smallest absolute Gasteiger partial charge is 0.238 e. The predicted molar refractivity (Wildman–Crippen MR) is 96.6 cm³/mol. The van der Waals surface area contributed by atoms with Crippen molar-refractivity contribution in [3.8, 4) is 17.9 Å². The van der Waals surface area contributed by atoms with E-state index in [9.17, 15) is 15.2 Å². The molecule has 0 bridgehead atoms. The molecule has 0 spiro atoms. The zero-order valence-corrected chi connectivity index (χ0v) is 15.2. The van der Waals surface area contributed by atoms with Gasteiger partial charge in [-0.05, 0) is 31.8 Å². The molecule has 1 N–H and O–H groups in total. The Kier molecular flexibility index (Phi) is 6.20. The number of likely N-dealkylation sites (N-methyl/N-ethyl adjacent to an activating group) is 1. The van der Waals surface area contributed by atoms with Gasteiger partial charge < -0.3 is 14.9 Å². The van der Waals surface area contributed by atoms with Crippen molar-refractivity contribution in [2.45, 2.75) is 31.8 Å². The molecule has 0 unspecified atom stereocenters. The maximum atomic E-state index is 12.4. The second-order valence-electron chi connectivity index (χ2n) is 6.93. The van der Waals surface area contributed by atoms with E-state index in [1.807, 2.05) is 38.1 Å². The highest BCUT2D eigenvalue weighted by Crippen LogP contribution is 2.40. The SMILES string of the molecule is CC(C)C#Cc1ccc([C@@H]2[C@@H](C#N)N(C(=O)CN(C)C)[C@@H]2CO)cc1. The largest absolute Gasteiger partial charge is 0.394 e. The first-order valence-corrected chi connectivity index (χ1v) is 8.47. The number of hydrogen-bond donors (Lipinski definition) is 1. The van der Waals surface area contributed by atoms with Gasteiger partial charge in [-0.3, -0.25) is 4.79 Å². The van der Waals surface area contributed by atoms with Crippen molar-refractivity contribution < 1.29 is 9.90 Å². The molecule has 1 fully saturated rings. The third-order valence-corrected chi connectivity index (χ3v) is 4.27. The highest BCUT2D eigenvalue weighted by Gasteiger charge is 2.51. The molecule has 0 aliphatic carbocycles. The van der Waals surface area contributed by atoms with Crippen LogP contribution in [0.3, 0.4) is 0 Å². The first kappa shape index (κ1) is 19.0. The number of aliphatic hydroxyl groups is 1. The van der Waals surface area contributed by atoms with Crippen molar-refractivity contribution in [3.63, 3.8) is 0 Å². The van der Waals surface area contributed by atoms with Gasteiger partial charge in [-0.1, -0.05) is 37.8 Å². The Hall–Kier alpha value is -2.34. The highest BCUT2D eigenvalue weighted by atomic mass is 16.3. The van der Waals surface area contributed by atoms with Gasteiger partial charge in [-0.15, -0.1) is 0 Å². The Labute approximate surface area is 149 Å². The second-order valence-corrected chi connectivity index (χ2v) is 6.93. The molecule has 1 aliphatic rings. The van der Waals surface area contributed by atoms with Crippen molar-refractivity contribution in [3.05, 3.63) is 35.4 Å². The minimum Gasteiger partial charge on any atom is -0.394 e. The van der Waals surface area contributed by atoms with E-state index in [2.05, 4.69) is 17.9 Å². The Morgan fingerprint density at radius 2 is 1.96 bits per heavy atom. The molecule has 0 saturated carbocycles. The molecule has 1 aromatic rings. The van der Waals surface area contributed by atoms with Gasteiger partial charge in [0.2, 0.25) is 5.91 Å². The number of nitrogens with zero attached hydrogens (tertiary/aromatic N) is 3. The first-order chi connectivity index (χ1) is 11.9. The Bertz CT molecular complexity index is 707. The van der Waals surface area contributed by atoms with Crippen LogP contribution >= 0.6 is 0 Å². The van der Waals surface area contributed by atoms with Gasteiger partial charge in [-0.2, -0.15) is 5.26 Å². The van der Waals surface area contributed by atoms with Crippen LogP contribution in [0.2, 0.25) is 0 Å². The first-order valence-electron chi connectivity index (χ1n) is 8.47. The molecule has 1 aromatic carbocycles. The zero-order chi connectivity index (χ0) is 18.6. The molecule has 3 atom stereocenters. The average Bonchev–Trinajstić information content (AvgIpc) is 2.53. The summed E-state index contributed by atoms with van der Waals surface area (Å²) in [4.78, 5) is 15.6. The lowest BCUT2D eigenvalue weighted by Gasteiger charge is -2.51. The van der Waals surface area contributed by atoms with Gasteiger partial charge in [0.15, 0.2) is 0 Å². The van der Waals surface area contributed by atoms with E-state index in [1.165, 1.54) is 4.90 Å². The molecule has 1 heterocycles. The van der Waals surface area contributed by atoms with Crippen LogP contribution in [-0.4, -0.2) is 60.1 Å². The number of carbonyl (C=O) groups is 1. The van der Waals surface area contributed by atoms with E-state index in [4.69, 9.17) is 0 Å². The molecule has 1 saturated heterocycles. The van der Waals surface area contributed by atoms with Crippen LogP contribution in [0, 0.1) is 29.1 Å². The normalized spacial score (nSPS) is 22.2. The number of nitriles is 1. The number of amides is 1. The van der Waals surface area contributed by atoms with Gasteiger partial charge >= 0.3 is 0 Å². The third-order valence-electron chi connectivity index (χ3n) is 4.27. The van der Waals surface area contributed by atoms with Gasteiger partial charge in [0.05, 0.1) is 25.3 Å². The van der Waals surface area contributed by atoms with Crippen LogP contribution in [-0.2, 0) is 4.79 Å². The van der Waals surface area contributed by atoms with Gasteiger partial charge in [0.25, 0.3) is 0 Å². The van der Waals surface area contributed by atoms with E-state index >= 15 is 0 Å². The quantitative estimate of drug-likeness (QED) is 0.843. The summed E-state index contributed by atoms with van der Waals surface area (Å²) in [6.45, 7) is 4.15. The highest BCUT2D eigenvalue weighted by molar-refractivity contribution is 5.81. The van der Waals surface area contributed by atoms with Crippen LogP contribution in [0.1, 0.15) is 30.9 Å². The van der Waals surface area contributed by atoms with Gasteiger partial charge in [0.1, 0.15) is 6.04 Å². The van der Waals surface area contributed by atoms with E-state index in [0.717, 1.165) is 11.1 Å². The Morgan fingerprint density at radius 3 is 2.44 bits per heavy atom. The second kappa shape index (κ2) is 8.16. The van der Waals surface area contributed by atoms with Crippen LogP contribution in [0.4, 0.5) is 0 Å². The van der Waals surface area contributed by atoms with E-state index in [1.54, 1.807) is 19.0 Å². The molecular weight excluding hydrogens is 314 g/mol. The monoisotopic (exact) mass is 339 g/mol. The summed E-state index contributed by atoms with van der Waals surface area (Å²) in [5.74, 6) is 6.23. The summed E-state index contributed by atoms with van der Waals surface area (Å²) in [6, 6.07) is 9.06. The molecule has 1 aliphatic heterocycles. The molecule has 5 nitrogen and oxygen atoms in total. The van der Waals surface area contributed by atoms with Gasteiger partial charge in [-0.25, -0.2) is 0 Å². The Balaban J connectivity index is 2.20. The van der Waals surface area contributed by atoms with Gasteiger partial charge in [0, 0.05) is 17.4 Å². The fourth-order valence-corrected chi connectivity index (χ4v) is 3.12. The van der Waals surface area contributed by atoms with Crippen LogP contribution in [0.25, 0.3) is 0 Å². The van der Waals surface area contributed by atoms with Crippen molar-refractivity contribution in [1.82, 2.24) is 9.80 Å². The summed E-state index contributed by atoms with van der Waals surface area (Å²) < 4.78 is 0.